The highest BCUT2D eigenvalue weighted by molar-refractivity contribution is 9.10. The number of aromatic nitrogens is 1. The van der Waals surface area contributed by atoms with E-state index in [0.29, 0.717) is 6.04 Å². The summed E-state index contributed by atoms with van der Waals surface area (Å²) in [7, 11) is 0. The third-order valence-corrected chi connectivity index (χ3v) is 6.21. The maximum absolute atomic E-state index is 12.5. The Morgan fingerprint density at radius 2 is 2.05 bits per heavy atom. The Balaban J connectivity index is 1.91. The van der Waals surface area contributed by atoms with Crippen molar-refractivity contribution in [2.45, 2.75) is 52.0 Å². The predicted octanol–water partition coefficient (Wildman–Crippen LogP) is 4.74. The first-order chi connectivity index (χ1) is 10.1. The fraction of sp³-hybridized carbons (Fsp3) is 0.500. The molecule has 3 nitrogen and oxygen atoms in total. The monoisotopic (exact) mass is 366 g/mol. The van der Waals surface area contributed by atoms with Crippen LogP contribution in [0.5, 0.6) is 0 Å². The summed E-state index contributed by atoms with van der Waals surface area (Å²) in [6, 6.07) is 2.39. The molecule has 1 saturated carbocycles. The quantitative estimate of drug-likeness (QED) is 0.833. The molecule has 0 spiro atoms. The van der Waals surface area contributed by atoms with Crippen LogP contribution in [0, 0.1) is 13.8 Å². The van der Waals surface area contributed by atoms with E-state index < -0.39 is 0 Å². The van der Waals surface area contributed by atoms with Gasteiger partial charge in [0.2, 0.25) is 0 Å². The molecular formula is C16H19BrN2OS. The molecule has 1 aliphatic carbocycles. The lowest BCUT2D eigenvalue weighted by atomic mass is 9.95. The summed E-state index contributed by atoms with van der Waals surface area (Å²) in [5.74, 6) is 0.0360. The molecule has 2 heterocycles. The van der Waals surface area contributed by atoms with Crippen LogP contribution in [0.15, 0.2) is 10.5 Å². The maximum Gasteiger partial charge on any atom is 0.262 e. The number of fused-ring (bicyclic) bond motifs is 1. The molecule has 1 amide bonds. The number of hydrogen-bond acceptors (Lipinski definition) is 3. The number of rotatable bonds is 2. The standard InChI is InChI=1S/C16H19BrN2OS/c1-9-8-10(2)18-16-12(9)13(17)14(21-16)15(20)19-11-6-4-3-5-7-11/h8,11H,3-7H2,1-2H3,(H,19,20). The second-order valence-electron chi connectivity index (χ2n) is 5.81. The topological polar surface area (TPSA) is 42.0 Å². The molecule has 3 rings (SSSR count). The second-order valence-corrected chi connectivity index (χ2v) is 7.61. The molecule has 1 fully saturated rings. The van der Waals surface area contributed by atoms with Gasteiger partial charge in [-0.2, -0.15) is 0 Å². The van der Waals surface area contributed by atoms with E-state index in [2.05, 4.69) is 39.2 Å². The van der Waals surface area contributed by atoms with Crippen molar-refractivity contribution in [2.24, 2.45) is 0 Å². The lowest BCUT2D eigenvalue weighted by Gasteiger charge is -2.22. The van der Waals surface area contributed by atoms with Gasteiger partial charge in [-0.3, -0.25) is 4.79 Å². The van der Waals surface area contributed by atoms with Crippen LogP contribution in [0.3, 0.4) is 0 Å². The van der Waals surface area contributed by atoms with E-state index in [4.69, 9.17) is 0 Å². The normalized spacial score (nSPS) is 16.3. The van der Waals surface area contributed by atoms with Gasteiger partial charge >= 0.3 is 0 Å². The first-order valence-electron chi connectivity index (χ1n) is 7.43. The van der Waals surface area contributed by atoms with Crippen LogP contribution in [0.1, 0.15) is 53.0 Å². The molecule has 0 bridgehead atoms. The average molecular weight is 367 g/mol. The van der Waals surface area contributed by atoms with E-state index >= 15 is 0 Å². The lowest BCUT2D eigenvalue weighted by Crippen LogP contribution is -2.35. The molecule has 2 aromatic rings. The van der Waals surface area contributed by atoms with Gasteiger partial charge in [0.05, 0.1) is 4.47 Å². The summed E-state index contributed by atoms with van der Waals surface area (Å²) in [6.45, 7) is 4.05. The molecule has 0 atom stereocenters. The zero-order chi connectivity index (χ0) is 15.0. The molecule has 0 aliphatic heterocycles. The number of amides is 1. The largest absolute Gasteiger partial charge is 0.349 e. The van der Waals surface area contributed by atoms with Crippen molar-refractivity contribution < 1.29 is 4.79 Å². The number of carbonyl (C=O) groups is 1. The minimum absolute atomic E-state index is 0.0360. The van der Waals surface area contributed by atoms with E-state index in [1.165, 1.54) is 30.6 Å². The number of nitrogens with one attached hydrogen (secondary N) is 1. The molecule has 0 unspecified atom stereocenters. The molecule has 0 saturated heterocycles. The molecule has 5 heteroatoms. The van der Waals surface area contributed by atoms with Crippen LogP contribution in [0.25, 0.3) is 10.2 Å². The Hall–Kier alpha value is -0.940. The number of thiophene rings is 1. The number of pyridine rings is 1. The molecular weight excluding hydrogens is 348 g/mol. The van der Waals surface area contributed by atoms with Crippen LogP contribution in [-0.2, 0) is 0 Å². The average Bonchev–Trinajstić information content (AvgIpc) is 2.77. The van der Waals surface area contributed by atoms with Crippen molar-refractivity contribution in [3.05, 3.63) is 26.7 Å². The van der Waals surface area contributed by atoms with E-state index in [0.717, 1.165) is 43.7 Å². The minimum atomic E-state index is 0.0360. The minimum Gasteiger partial charge on any atom is -0.349 e. The maximum atomic E-state index is 12.5. The third kappa shape index (κ3) is 2.99. The molecule has 21 heavy (non-hydrogen) atoms. The van der Waals surface area contributed by atoms with Gasteiger partial charge in [-0.25, -0.2) is 4.98 Å². The molecule has 1 N–H and O–H groups in total. The molecule has 112 valence electrons. The van der Waals surface area contributed by atoms with E-state index in [1.54, 1.807) is 0 Å². The fourth-order valence-electron chi connectivity index (χ4n) is 3.04. The fourth-order valence-corrected chi connectivity index (χ4v) is 5.19. The molecule has 0 aromatic carbocycles. The Morgan fingerprint density at radius 3 is 2.76 bits per heavy atom. The van der Waals surface area contributed by atoms with Crippen LogP contribution < -0.4 is 5.32 Å². The summed E-state index contributed by atoms with van der Waals surface area (Å²) in [5.41, 5.74) is 2.16. The number of halogens is 1. The Labute approximate surface area is 137 Å². The molecule has 2 aromatic heterocycles. The van der Waals surface area contributed by atoms with Gasteiger partial charge in [0.15, 0.2) is 0 Å². The summed E-state index contributed by atoms with van der Waals surface area (Å²) in [6.07, 6.45) is 5.94. The summed E-state index contributed by atoms with van der Waals surface area (Å²) in [5, 5.41) is 4.25. The Morgan fingerprint density at radius 1 is 1.33 bits per heavy atom. The van der Waals surface area contributed by atoms with Crippen LogP contribution >= 0.6 is 27.3 Å². The number of hydrogen-bond donors (Lipinski definition) is 1. The van der Waals surface area contributed by atoms with Crippen molar-refractivity contribution >= 4 is 43.4 Å². The van der Waals surface area contributed by atoms with Gasteiger partial charge in [-0.1, -0.05) is 19.3 Å². The smallest absolute Gasteiger partial charge is 0.262 e. The first-order valence-corrected chi connectivity index (χ1v) is 9.04. The second kappa shape index (κ2) is 6.05. The van der Waals surface area contributed by atoms with E-state index in [-0.39, 0.29) is 5.91 Å². The zero-order valence-electron chi connectivity index (χ0n) is 12.3. The van der Waals surface area contributed by atoms with Crippen molar-refractivity contribution in [1.82, 2.24) is 10.3 Å². The van der Waals surface area contributed by atoms with Crippen LogP contribution in [-0.4, -0.2) is 16.9 Å². The summed E-state index contributed by atoms with van der Waals surface area (Å²) in [4.78, 5) is 18.8. The van der Waals surface area contributed by atoms with E-state index in [9.17, 15) is 4.79 Å². The first kappa shape index (κ1) is 15.0. The molecule has 0 radical (unpaired) electrons. The van der Waals surface area contributed by atoms with Crippen LogP contribution in [0.4, 0.5) is 0 Å². The summed E-state index contributed by atoms with van der Waals surface area (Å²) < 4.78 is 0.890. The highest BCUT2D eigenvalue weighted by atomic mass is 79.9. The van der Waals surface area contributed by atoms with Gasteiger partial charge in [-0.05, 0) is 54.2 Å². The van der Waals surface area contributed by atoms with Gasteiger partial charge in [-0.15, -0.1) is 11.3 Å². The summed E-state index contributed by atoms with van der Waals surface area (Å²) >= 11 is 5.08. The van der Waals surface area contributed by atoms with Gasteiger partial charge in [0.1, 0.15) is 9.71 Å². The molecule has 1 aliphatic rings. The Bertz CT molecular complexity index is 689. The number of carbonyl (C=O) groups excluding carboxylic acids is 1. The third-order valence-electron chi connectivity index (χ3n) is 4.08. The van der Waals surface area contributed by atoms with Crippen LogP contribution in [0.2, 0.25) is 0 Å². The van der Waals surface area contributed by atoms with Gasteiger partial charge in [0.25, 0.3) is 5.91 Å². The number of nitrogens with zero attached hydrogens (tertiary/aromatic N) is 1. The van der Waals surface area contributed by atoms with Crippen molar-refractivity contribution in [3.8, 4) is 0 Å². The highest BCUT2D eigenvalue weighted by Crippen LogP contribution is 2.37. The lowest BCUT2D eigenvalue weighted by molar-refractivity contribution is 0.0931. The highest BCUT2D eigenvalue weighted by Gasteiger charge is 2.22. The van der Waals surface area contributed by atoms with Crippen molar-refractivity contribution in [2.75, 3.05) is 0 Å². The Kier molecular flexibility index (Phi) is 4.31. The zero-order valence-corrected chi connectivity index (χ0v) is 14.7. The predicted molar refractivity (Wildman–Crippen MR) is 91.1 cm³/mol. The SMILES string of the molecule is Cc1cc(C)c2c(Br)c(C(=O)NC3CCCCC3)sc2n1. The van der Waals surface area contributed by atoms with Gasteiger partial charge in [0, 0.05) is 17.1 Å². The van der Waals surface area contributed by atoms with Crippen molar-refractivity contribution in [3.63, 3.8) is 0 Å². The van der Waals surface area contributed by atoms with Gasteiger partial charge < -0.3 is 5.32 Å². The van der Waals surface area contributed by atoms with Crippen molar-refractivity contribution in [1.29, 1.82) is 0 Å². The van der Waals surface area contributed by atoms with E-state index in [1.807, 2.05) is 6.92 Å². The number of aryl methyl sites for hydroxylation is 2.